The molecule has 0 radical (unpaired) electrons. The maximum absolute atomic E-state index is 14.4. The highest BCUT2D eigenvalue weighted by Crippen LogP contribution is 2.48. The molecule has 4 heterocycles. The Bertz CT molecular complexity index is 1430. The first-order valence-corrected chi connectivity index (χ1v) is 13.0. The highest BCUT2D eigenvalue weighted by molar-refractivity contribution is 6.31. The van der Waals surface area contributed by atoms with E-state index in [0.717, 1.165) is 17.0 Å². The second-order valence-corrected chi connectivity index (χ2v) is 10.1. The summed E-state index contributed by atoms with van der Waals surface area (Å²) in [5, 5.41) is 6.93. The SMILES string of the molecule is CCOC(=O)c1ccc(N2N=C(C)[C@]3(Cc4ccc(Cl)cc4N4CCN(c5ncccn5)C[C@H]43)C2=O)cc1. The van der Waals surface area contributed by atoms with Crippen molar-refractivity contribution in [1.82, 2.24) is 9.97 Å². The normalized spacial score (nSPS) is 22.3. The molecule has 1 spiro atoms. The summed E-state index contributed by atoms with van der Waals surface area (Å²) < 4.78 is 5.09. The van der Waals surface area contributed by atoms with Gasteiger partial charge in [0.15, 0.2) is 0 Å². The smallest absolute Gasteiger partial charge is 0.338 e. The van der Waals surface area contributed by atoms with Crippen LogP contribution in [-0.2, 0) is 16.0 Å². The Morgan fingerprint density at radius 1 is 1.13 bits per heavy atom. The van der Waals surface area contributed by atoms with Gasteiger partial charge in [-0.15, -0.1) is 0 Å². The summed E-state index contributed by atoms with van der Waals surface area (Å²) in [4.78, 5) is 39.9. The van der Waals surface area contributed by atoms with Crippen LogP contribution in [0, 0.1) is 5.41 Å². The molecule has 0 aliphatic carbocycles. The Hall–Kier alpha value is -3.98. The van der Waals surface area contributed by atoms with Gasteiger partial charge in [-0.1, -0.05) is 17.7 Å². The average Bonchev–Trinajstić information content (AvgIpc) is 3.19. The first kappa shape index (κ1) is 24.4. The molecule has 9 nitrogen and oxygen atoms in total. The van der Waals surface area contributed by atoms with E-state index in [1.54, 1.807) is 49.6 Å². The van der Waals surface area contributed by atoms with Crippen LogP contribution in [-0.4, -0.2) is 59.8 Å². The molecule has 1 amide bonds. The van der Waals surface area contributed by atoms with Crippen LogP contribution >= 0.6 is 11.6 Å². The van der Waals surface area contributed by atoms with Gasteiger partial charge in [-0.25, -0.2) is 14.8 Å². The third-order valence-electron chi connectivity index (χ3n) is 7.70. The topological polar surface area (TPSA) is 91.2 Å². The molecule has 3 aliphatic heterocycles. The molecule has 0 bridgehead atoms. The minimum absolute atomic E-state index is 0.0923. The van der Waals surface area contributed by atoms with Crippen molar-refractivity contribution in [3.63, 3.8) is 0 Å². The van der Waals surface area contributed by atoms with E-state index in [-0.39, 0.29) is 11.9 Å². The maximum atomic E-state index is 14.4. The number of esters is 1. The number of piperazine rings is 1. The number of anilines is 3. The van der Waals surface area contributed by atoms with Gasteiger partial charge in [0.1, 0.15) is 5.41 Å². The van der Waals surface area contributed by atoms with Crippen LogP contribution in [0.2, 0.25) is 5.02 Å². The van der Waals surface area contributed by atoms with Crippen LogP contribution in [0.1, 0.15) is 29.8 Å². The van der Waals surface area contributed by atoms with Crippen LogP contribution in [0.15, 0.2) is 66.0 Å². The number of hydrogen-bond donors (Lipinski definition) is 0. The summed E-state index contributed by atoms with van der Waals surface area (Å²) in [6.45, 7) is 5.96. The van der Waals surface area contributed by atoms with Gasteiger partial charge in [0.2, 0.25) is 5.95 Å². The average molecular weight is 531 g/mol. The van der Waals surface area contributed by atoms with Gasteiger partial charge in [0, 0.05) is 42.7 Å². The zero-order valence-electron chi connectivity index (χ0n) is 21.2. The molecule has 3 aromatic rings. The third kappa shape index (κ3) is 3.80. The number of hydrogen-bond acceptors (Lipinski definition) is 8. The van der Waals surface area contributed by atoms with Crippen molar-refractivity contribution in [1.29, 1.82) is 0 Å². The number of benzene rings is 2. The van der Waals surface area contributed by atoms with Crippen molar-refractivity contribution >= 4 is 46.5 Å². The molecular weight excluding hydrogens is 504 g/mol. The lowest BCUT2D eigenvalue weighted by Gasteiger charge is -2.53. The van der Waals surface area contributed by atoms with Gasteiger partial charge < -0.3 is 14.5 Å². The molecule has 194 valence electrons. The summed E-state index contributed by atoms with van der Waals surface area (Å²) in [7, 11) is 0. The fourth-order valence-electron chi connectivity index (χ4n) is 5.85. The van der Waals surface area contributed by atoms with E-state index in [0.29, 0.717) is 54.9 Å². The lowest BCUT2D eigenvalue weighted by atomic mass is 9.67. The Kier molecular flexibility index (Phi) is 6.03. The van der Waals surface area contributed by atoms with Crippen molar-refractivity contribution in [3.05, 3.63) is 77.1 Å². The van der Waals surface area contributed by atoms with Crippen molar-refractivity contribution < 1.29 is 14.3 Å². The van der Waals surface area contributed by atoms with E-state index in [9.17, 15) is 9.59 Å². The van der Waals surface area contributed by atoms with Gasteiger partial charge in [-0.3, -0.25) is 4.79 Å². The van der Waals surface area contributed by atoms with E-state index in [2.05, 4.69) is 19.8 Å². The van der Waals surface area contributed by atoms with Crippen LogP contribution in [0.4, 0.5) is 17.3 Å². The lowest BCUT2D eigenvalue weighted by molar-refractivity contribution is -0.125. The number of amides is 1. The second kappa shape index (κ2) is 9.40. The molecular formula is C28H27ClN6O3. The zero-order chi connectivity index (χ0) is 26.4. The van der Waals surface area contributed by atoms with E-state index in [1.165, 1.54) is 5.01 Å². The highest BCUT2D eigenvalue weighted by Gasteiger charge is 2.60. The van der Waals surface area contributed by atoms with E-state index in [1.807, 2.05) is 25.1 Å². The second-order valence-electron chi connectivity index (χ2n) is 9.69. The number of carbonyl (C=O) groups excluding carboxylic acids is 2. The summed E-state index contributed by atoms with van der Waals surface area (Å²) in [5.41, 5.74) is 3.03. The van der Waals surface area contributed by atoms with Gasteiger partial charge in [-0.2, -0.15) is 10.1 Å². The number of nitrogens with zero attached hydrogens (tertiary/aromatic N) is 6. The van der Waals surface area contributed by atoms with Crippen LogP contribution in [0.3, 0.4) is 0 Å². The molecule has 1 saturated heterocycles. The number of hydrazone groups is 1. The quantitative estimate of drug-likeness (QED) is 0.471. The molecule has 1 fully saturated rings. The molecule has 0 unspecified atom stereocenters. The summed E-state index contributed by atoms with van der Waals surface area (Å²) in [5.74, 6) is 0.155. The number of ether oxygens (including phenoxy) is 1. The van der Waals surface area contributed by atoms with Crippen LogP contribution in [0.5, 0.6) is 0 Å². The fraction of sp³-hybridized carbons (Fsp3) is 0.321. The van der Waals surface area contributed by atoms with Crippen LogP contribution in [0.25, 0.3) is 0 Å². The minimum atomic E-state index is -0.881. The molecule has 10 heteroatoms. The molecule has 2 aromatic carbocycles. The van der Waals surface area contributed by atoms with E-state index < -0.39 is 11.4 Å². The molecule has 6 rings (SSSR count). The number of halogens is 1. The molecule has 3 aliphatic rings. The predicted octanol–water partition coefficient (Wildman–Crippen LogP) is 3.97. The van der Waals surface area contributed by atoms with Crippen molar-refractivity contribution in [3.8, 4) is 0 Å². The van der Waals surface area contributed by atoms with E-state index in [4.69, 9.17) is 21.4 Å². The van der Waals surface area contributed by atoms with Crippen LogP contribution < -0.4 is 14.8 Å². The summed E-state index contributed by atoms with van der Waals surface area (Å²) in [6, 6.07) is 14.3. The highest BCUT2D eigenvalue weighted by atomic mass is 35.5. The Morgan fingerprint density at radius 3 is 2.63 bits per heavy atom. The molecule has 2 atom stereocenters. The predicted molar refractivity (Wildman–Crippen MR) is 146 cm³/mol. The van der Waals surface area contributed by atoms with Gasteiger partial charge >= 0.3 is 5.97 Å². The third-order valence-corrected chi connectivity index (χ3v) is 7.94. The minimum Gasteiger partial charge on any atom is -0.462 e. The Morgan fingerprint density at radius 2 is 1.89 bits per heavy atom. The summed E-state index contributed by atoms with van der Waals surface area (Å²) in [6.07, 6.45) is 3.97. The number of fused-ring (bicyclic) bond motifs is 4. The Labute approximate surface area is 225 Å². The van der Waals surface area contributed by atoms with Crippen molar-refractivity contribution in [2.75, 3.05) is 41.0 Å². The zero-order valence-corrected chi connectivity index (χ0v) is 21.9. The van der Waals surface area contributed by atoms with Gasteiger partial charge in [-0.05, 0) is 68.3 Å². The molecule has 0 saturated carbocycles. The fourth-order valence-corrected chi connectivity index (χ4v) is 6.01. The molecule has 1 aromatic heterocycles. The number of aromatic nitrogens is 2. The van der Waals surface area contributed by atoms with Gasteiger partial charge in [0.05, 0.1) is 29.6 Å². The summed E-state index contributed by atoms with van der Waals surface area (Å²) >= 11 is 6.41. The van der Waals surface area contributed by atoms with Crippen molar-refractivity contribution in [2.45, 2.75) is 26.3 Å². The van der Waals surface area contributed by atoms with E-state index >= 15 is 0 Å². The first-order valence-electron chi connectivity index (χ1n) is 12.7. The monoisotopic (exact) mass is 530 g/mol. The molecule has 0 N–H and O–H groups in total. The lowest BCUT2D eigenvalue weighted by Crippen LogP contribution is -2.67. The Balaban J connectivity index is 1.39. The first-order chi connectivity index (χ1) is 18.4. The molecule has 38 heavy (non-hydrogen) atoms. The standard InChI is InChI=1S/C28H27ClN6O3/c1-3-38-25(36)19-6-9-22(10-7-19)35-26(37)28(18(2)32-35)16-20-5-8-21(29)15-23(20)34-14-13-33(17-24(28)34)27-30-11-4-12-31-27/h4-12,15,24H,3,13-14,16-17H2,1-2H3/t24-,28-/m0/s1. The number of rotatable bonds is 4. The number of carbonyl (C=O) groups is 2. The van der Waals surface area contributed by atoms with Crippen molar-refractivity contribution in [2.24, 2.45) is 10.5 Å². The maximum Gasteiger partial charge on any atom is 0.338 e. The van der Waals surface area contributed by atoms with Gasteiger partial charge in [0.25, 0.3) is 5.91 Å². The largest absolute Gasteiger partial charge is 0.462 e.